The molecule has 1 aliphatic heterocycles. The molecular formula is C19H22ClN3O2S. The Bertz CT molecular complexity index is 726. The quantitative estimate of drug-likeness (QED) is 0.823. The second-order valence-electron chi connectivity index (χ2n) is 6.27. The third-order valence-corrected chi connectivity index (χ3v) is 5.52. The first-order valence-electron chi connectivity index (χ1n) is 8.68. The highest BCUT2D eigenvalue weighted by atomic mass is 35.5. The number of amides is 2. The van der Waals surface area contributed by atoms with Crippen LogP contribution in [0.15, 0.2) is 41.8 Å². The molecule has 1 N–H and O–H groups in total. The molecule has 1 fully saturated rings. The molecular weight excluding hydrogens is 370 g/mol. The van der Waals surface area contributed by atoms with Crippen molar-refractivity contribution in [1.82, 2.24) is 15.1 Å². The standard InChI is InChI=1S/C19H22ClN3O2S/c20-16-5-3-15(4-6-16)7-8-21-18(24)14-22-9-11-23(12-10-22)19(25)17-2-1-13-26-17/h1-6,13H,7-12,14H2,(H,21,24). The van der Waals surface area contributed by atoms with Crippen molar-refractivity contribution in [1.29, 1.82) is 0 Å². The summed E-state index contributed by atoms with van der Waals surface area (Å²) in [6.07, 6.45) is 0.784. The Labute approximate surface area is 162 Å². The van der Waals surface area contributed by atoms with E-state index in [1.807, 2.05) is 46.7 Å². The Kier molecular flexibility index (Phi) is 6.66. The number of carbonyl (C=O) groups is 2. The van der Waals surface area contributed by atoms with Crippen molar-refractivity contribution in [2.45, 2.75) is 6.42 Å². The van der Waals surface area contributed by atoms with Gasteiger partial charge in [0.15, 0.2) is 0 Å². The number of rotatable bonds is 6. The van der Waals surface area contributed by atoms with E-state index in [1.54, 1.807) is 0 Å². The second kappa shape index (κ2) is 9.16. The van der Waals surface area contributed by atoms with E-state index in [1.165, 1.54) is 11.3 Å². The SMILES string of the molecule is O=C(CN1CCN(C(=O)c2cccs2)CC1)NCCc1ccc(Cl)cc1. The number of halogens is 1. The highest BCUT2D eigenvalue weighted by Crippen LogP contribution is 2.14. The highest BCUT2D eigenvalue weighted by molar-refractivity contribution is 7.12. The van der Waals surface area contributed by atoms with Gasteiger partial charge in [-0.3, -0.25) is 14.5 Å². The molecule has 1 aliphatic rings. The first kappa shape index (κ1) is 18.9. The summed E-state index contributed by atoms with van der Waals surface area (Å²) in [6, 6.07) is 11.4. The molecule has 0 bridgehead atoms. The van der Waals surface area contributed by atoms with Crippen LogP contribution in [-0.2, 0) is 11.2 Å². The van der Waals surface area contributed by atoms with E-state index in [0.29, 0.717) is 26.2 Å². The molecule has 0 atom stereocenters. The molecule has 2 aromatic rings. The largest absolute Gasteiger partial charge is 0.355 e. The second-order valence-corrected chi connectivity index (χ2v) is 7.66. The fraction of sp³-hybridized carbons (Fsp3) is 0.368. The number of nitrogens with zero attached hydrogens (tertiary/aromatic N) is 2. The van der Waals surface area contributed by atoms with Crippen LogP contribution in [0.1, 0.15) is 15.2 Å². The summed E-state index contributed by atoms with van der Waals surface area (Å²) in [7, 11) is 0. The number of carbonyl (C=O) groups excluding carboxylic acids is 2. The van der Waals surface area contributed by atoms with Crippen molar-refractivity contribution in [3.05, 3.63) is 57.2 Å². The molecule has 7 heteroatoms. The molecule has 5 nitrogen and oxygen atoms in total. The fourth-order valence-electron chi connectivity index (χ4n) is 2.92. The van der Waals surface area contributed by atoms with Crippen molar-refractivity contribution in [3.63, 3.8) is 0 Å². The highest BCUT2D eigenvalue weighted by Gasteiger charge is 2.23. The molecule has 0 spiro atoms. The Hall–Kier alpha value is -1.89. The normalized spacial score (nSPS) is 15.0. The van der Waals surface area contributed by atoms with E-state index < -0.39 is 0 Å². The smallest absolute Gasteiger partial charge is 0.264 e. The minimum Gasteiger partial charge on any atom is -0.355 e. The lowest BCUT2D eigenvalue weighted by Crippen LogP contribution is -2.51. The maximum atomic E-state index is 12.3. The molecule has 3 rings (SSSR count). The Morgan fingerprint density at radius 3 is 2.46 bits per heavy atom. The molecule has 0 aliphatic carbocycles. The number of nitrogens with one attached hydrogen (secondary N) is 1. The molecule has 0 radical (unpaired) electrons. The van der Waals surface area contributed by atoms with Crippen LogP contribution in [0.4, 0.5) is 0 Å². The van der Waals surface area contributed by atoms with Crippen molar-refractivity contribution in [2.75, 3.05) is 39.3 Å². The molecule has 0 unspecified atom stereocenters. The van der Waals surface area contributed by atoms with Crippen molar-refractivity contribution in [2.24, 2.45) is 0 Å². The molecule has 0 saturated carbocycles. The van der Waals surface area contributed by atoms with Gasteiger partial charge in [-0.1, -0.05) is 29.8 Å². The third-order valence-electron chi connectivity index (χ3n) is 4.41. The van der Waals surface area contributed by atoms with Crippen LogP contribution in [0.5, 0.6) is 0 Å². The summed E-state index contributed by atoms with van der Waals surface area (Å²) in [5, 5.41) is 5.59. The Morgan fingerprint density at radius 1 is 1.08 bits per heavy atom. The van der Waals surface area contributed by atoms with Crippen LogP contribution in [0.3, 0.4) is 0 Å². The van der Waals surface area contributed by atoms with Crippen LogP contribution in [0.2, 0.25) is 5.02 Å². The average Bonchev–Trinajstić information content (AvgIpc) is 3.18. The Balaban J connectivity index is 1.35. The average molecular weight is 392 g/mol. The molecule has 1 aromatic heterocycles. The fourth-order valence-corrected chi connectivity index (χ4v) is 3.74. The van der Waals surface area contributed by atoms with Gasteiger partial charge in [0.05, 0.1) is 11.4 Å². The van der Waals surface area contributed by atoms with Crippen LogP contribution in [-0.4, -0.2) is 60.9 Å². The van der Waals surface area contributed by atoms with Gasteiger partial charge >= 0.3 is 0 Å². The van der Waals surface area contributed by atoms with Crippen LogP contribution >= 0.6 is 22.9 Å². The van der Waals surface area contributed by atoms with E-state index in [9.17, 15) is 9.59 Å². The molecule has 2 amide bonds. The zero-order valence-corrected chi connectivity index (χ0v) is 16.1. The number of hydrogen-bond donors (Lipinski definition) is 1. The first-order valence-corrected chi connectivity index (χ1v) is 9.94. The Morgan fingerprint density at radius 2 is 1.81 bits per heavy atom. The third kappa shape index (κ3) is 5.30. The lowest BCUT2D eigenvalue weighted by atomic mass is 10.1. The van der Waals surface area contributed by atoms with Crippen molar-refractivity contribution >= 4 is 34.8 Å². The summed E-state index contributed by atoms with van der Waals surface area (Å²) < 4.78 is 0. The lowest BCUT2D eigenvalue weighted by Gasteiger charge is -2.34. The van der Waals surface area contributed by atoms with E-state index >= 15 is 0 Å². The zero-order chi connectivity index (χ0) is 18.4. The van der Waals surface area contributed by atoms with Gasteiger partial charge in [0.1, 0.15) is 0 Å². The maximum Gasteiger partial charge on any atom is 0.264 e. The van der Waals surface area contributed by atoms with Gasteiger partial charge in [-0.25, -0.2) is 0 Å². The van der Waals surface area contributed by atoms with Gasteiger partial charge in [0.25, 0.3) is 5.91 Å². The van der Waals surface area contributed by atoms with Crippen LogP contribution in [0, 0.1) is 0 Å². The molecule has 1 saturated heterocycles. The number of benzene rings is 1. The maximum absolute atomic E-state index is 12.3. The van der Waals surface area contributed by atoms with Gasteiger partial charge in [0, 0.05) is 37.7 Å². The van der Waals surface area contributed by atoms with Crippen LogP contribution in [0.25, 0.3) is 0 Å². The van der Waals surface area contributed by atoms with Crippen LogP contribution < -0.4 is 5.32 Å². The van der Waals surface area contributed by atoms with Gasteiger partial charge in [-0.2, -0.15) is 0 Å². The number of piperazine rings is 1. The summed E-state index contributed by atoms with van der Waals surface area (Å²) in [5.74, 6) is 0.115. The summed E-state index contributed by atoms with van der Waals surface area (Å²) in [5.41, 5.74) is 1.15. The molecule has 26 heavy (non-hydrogen) atoms. The molecule has 1 aromatic carbocycles. The van der Waals surface area contributed by atoms with E-state index in [0.717, 1.165) is 35.0 Å². The number of thiophene rings is 1. The van der Waals surface area contributed by atoms with Crippen molar-refractivity contribution in [3.8, 4) is 0 Å². The lowest BCUT2D eigenvalue weighted by molar-refractivity contribution is -0.122. The topological polar surface area (TPSA) is 52.7 Å². The molecule has 2 heterocycles. The van der Waals surface area contributed by atoms with Crippen molar-refractivity contribution < 1.29 is 9.59 Å². The van der Waals surface area contributed by atoms with E-state index in [-0.39, 0.29) is 11.8 Å². The summed E-state index contributed by atoms with van der Waals surface area (Å²) in [6.45, 7) is 3.76. The predicted octanol–water partition coefficient (Wildman–Crippen LogP) is 2.52. The van der Waals surface area contributed by atoms with Gasteiger partial charge < -0.3 is 10.2 Å². The monoisotopic (exact) mass is 391 g/mol. The predicted molar refractivity (Wildman–Crippen MR) is 105 cm³/mol. The summed E-state index contributed by atoms with van der Waals surface area (Å²) >= 11 is 7.33. The zero-order valence-electron chi connectivity index (χ0n) is 14.5. The van der Waals surface area contributed by atoms with E-state index in [4.69, 9.17) is 11.6 Å². The van der Waals surface area contributed by atoms with Gasteiger partial charge in [0.2, 0.25) is 5.91 Å². The summed E-state index contributed by atoms with van der Waals surface area (Å²) in [4.78, 5) is 29.2. The molecule has 138 valence electrons. The van der Waals surface area contributed by atoms with Gasteiger partial charge in [-0.05, 0) is 35.6 Å². The minimum absolute atomic E-state index is 0.0250. The minimum atomic E-state index is 0.0250. The number of hydrogen-bond acceptors (Lipinski definition) is 4. The van der Waals surface area contributed by atoms with Gasteiger partial charge in [-0.15, -0.1) is 11.3 Å². The van der Waals surface area contributed by atoms with E-state index in [2.05, 4.69) is 10.2 Å². The first-order chi connectivity index (χ1) is 12.6.